The molecule has 7 nitrogen and oxygen atoms in total. The van der Waals surface area contributed by atoms with Crippen LogP contribution in [0.2, 0.25) is 10.0 Å². The molecule has 0 spiro atoms. The third-order valence-electron chi connectivity index (χ3n) is 5.29. The van der Waals surface area contributed by atoms with Crippen LogP contribution in [0.1, 0.15) is 12.0 Å². The minimum absolute atomic E-state index is 0.231. The molecule has 1 aliphatic rings. The number of anilines is 1. The average Bonchev–Trinajstić information content (AvgIpc) is 2.80. The van der Waals surface area contributed by atoms with E-state index >= 15 is 0 Å². The van der Waals surface area contributed by atoms with Crippen molar-refractivity contribution >= 4 is 34.9 Å². The van der Waals surface area contributed by atoms with Crippen molar-refractivity contribution in [2.45, 2.75) is 13.0 Å². The van der Waals surface area contributed by atoms with Crippen molar-refractivity contribution < 1.29 is 19.0 Å². The van der Waals surface area contributed by atoms with Gasteiger partial charge in [-0.2, -0.15) is 0 Å². The Morgan fingerprint density at radius 3 is 2.53 bits per heavy atom. The molecule has 1 saturated heterocycles. The lowest BCUT2D eigenvalue weighted by atomic mass is 10.2. The fourth-order valence-electron chi connectivity index (χ4n) is 3.55. The van der Waals surface area contributed by atoms with Crippen molar-refractivity contribution in [3.63, 3.8) is 0 Å². The second-order valence-electron chi connectivity index (χ2n) is 7.47. The van der Waals surface area contributed by atoms with Gasteiger partial charge >= 0.3 is 6.03 Å². The Morgan fingerprint density at radius 2 is 1.84 bits per heavy atom. The van der Waals surface area contributed by atoms with Gasteiger partial charge in [0.25, 0.3) is 0 Å². The number of amides is 2. The number of hydrogen-bond acceptors (Lipinski definition) is 5. The van der Waals surface area contributed by atoms with Crippen molar-refractivity contribution in [3.05, 3.63) is 52.0 Å². The summed E-state index contributed by atoms with van der Waals surface area (Å²) in [4.78, 5) is 17.3. The predicted octanol–water partition coefficient (Wildman–Crippen LogP) is 4.77. The molecule has 0 aliphatic carbocycles. The maximum absolute atomic E-state index is 13.1. The van der Waals surface area contributed by atoms with Crippen molar-refractivity contribution in [1.82, 2.24) is 9.80 Å². The number of methoxy groups -OCH3 is 2. The summed E-state index contributed by atoms with van der Waals surface area (Å²) < 4.78 is 16.1. The van der Waals surface area contributed by atoms with Gasteiger partial charge in [0.2, 0.25) is 0 Å². The summed E-state index contributed by atoms with van der Waals surface area (Å²) in [5.41, 5.74) is 1.46. The van der Waals surface area contributed by atoms with Crippen LogP contribution in [0, 0.1) is 0 Å². The highest BCUT2D eigenvalue weighted by atomic mass is 35.5. The number of halogens is 2. The molecular weight excluding hydrogens is 453 g/mol. The van der Waals surface area contributed by atoms with E-state index in [-0.39, 0.29) is 6.03 Å². The molecule has 0 aromatic heterocycles. The second kappa shape index (κ2) is 12.2. The minimum Gasteiger partial charge on any atom is -0.493 e. The lowest BCUT2D eigenvalue weighted by Gasteiger charge is -2.28. The number of ether oxygens (including phenoxy) is 3. The number of carbonyl (C=O) groups excluding carboxylic acids is 1. The van der Waals surface area contributed by atoms with E-state index in [1.54, 1.807) is 37.3 Å². The molecule has 0 saturated carbocycles. The first kappa shape index (κ1) is 24.5. The smallest absolute Gasteiger partial charge is 0.322 e. The van der Waals surface area contributed by atoms with Crippen molar-refractivity contribution in [1.29, 1.82) is 0 Å². The fraction of sp³-hybridized carbons (Fsp3) is 0.435. The first-order chi connectivity index (χ1) is 15.5. The molecule has 0 bridgehead atoms. The van der Waals surface area contributed by atoms with Crippen molar-refractivity contribution in [3.8, 4) is 11.5 Å². The number of rotatable bonds is 9. The molecule has 0 unspecified atom stereocenters. The van der Waals surface area contributed by atoms with Gasteiger partial charge in [0.05, 0.1) is 38.1 Å². The largest absolute Gasteiger partial charge is 0.493 e. The lowest BCUT2D eigenvalue weighted by molar-refractivity contribution is 0.0365. The van der Waals surface area contributed by atoms with E-state index in [4.69, 9.17) is 37.4 Å². The first-order valence-electron chi connectivity index (χ1n) is 10.5. The molecule has 0 atom stereocenters. The number of benzene rings is 2. The highest BCUT2D eigenvalue weighted by molar-refractivity contribution is 6.36. The second-order valence-corrected chi connectivity index (χ2v) is 8.32. The first-order valence-corrected chi connectivity index (χ1v) is 11.3. The summed E-state index contributed by atoms with van der Waals surface area (Å²) in [6.07, 6.45) is 0.842. The maximum Gasteiger partial charge on any atom is 0.322 e. The van der Waals surface area contributed by atoms with E-state index in [2.05, 4.69) is 10.2 Å². The Bertz CT molecular complexity index is 907. The average molecular weight is 482 g/mol. The molecule has 1 heterocycles. The van der Waals surface area contributed by atoms with Crippen LogP contribution in [-0.2, 0) is 11.3 Å². The Kier molecular flexibility index (Phi) is 9.29. The summed E-state index contributed by atoms with van der Waals surface area (Å²) in [7, 11) is 3.19. The highest BCUT2D eigenvalue weighted by Gasteiger charge is 2.18. The molecule has 2 aromatic rings. The van der Waals surface area contributed by atoms with E-state index in [1.165, 1.54) is 0 Å². The van der Waals surface area contributed by atoms with Crippen LogP contribution in [0.5, 0.6) is 11.5 Å². The van der Waals surface area contributed by atoms with Crippen LogP contribution in [0.15, 0.2) is 36.4 Å². The van der Waals surface area contributed by atoms with Gasteiger partial charge in [-0.1, -0.05) is 29.3 Å². The molecule has 2 aromatic carbocycles. The zero-order valence-corrected chi connectivity index (χ0v) is 19.9. The lowest BCUT2D eigenvalue weighted by Crippen LogP contribution is -2.40. The van der Waals surface area contributed by atoms with E-state index < -0.39 is 0 Å². The SMILES string of the molecule is COc1ccc(CN(CCCN2CCOCC2)C(=O)Nc2ccc(Cl)cc2Cl)cc1OC. The van der Waals surface area contributed by atoms with Gasteiger partial charge in [0.15, 0.2) is 11.5 Å². The Hall–Kier alpha value is -2.19. The number of carbonyl (C=O) groups is 1. The summed E-state index contributed by atoms with van der Waals surface area (Å²) in [5.74, 6) is 1.27. The molecule has 2 amide bonds. The van der Waals surface area contributed by atoms with Crippen LogP contribution in [0.3, 0.4) is 0 Å². The molecule has 32 heavy (non-hydrogen) atoms. The number of nitrogens with one attached hydrogen (secondary N) is 1. The third-order valence-corrected chi connectivity index (χ3v) is 5.84. The molecule has 1 fully saturated rings. The van der Waals surface area contributed by atoms with Crippen molar-refractivity contribution in [2.75, 3.05) is 58.9 Å². The Morgan fingerprint density at radius 1 is 1.09 bits per heavy atom. The van der Waals surface area contributed by atoms with Crippen LogP contribution in [0.4, 0.5) is 10.5 Å². The number of nitrogens with zero attached hydrogens (tertiary/aromatic N) is 2. The maximum atomic E-state index is 13.1. The summed E-state index contributed by atoms with van der Waals surface area (Å²) in [5, 5.41) is 3.81. The molecule has 9 heteroatoms. The zero-order valence-electron chi connectivity index (χ0n) is 18.4. The fourth-order valence-corrected chi connectivity index (χ4v) is 4.00. The highest BCUT2D eigenvalue weighted by Crippen LogP contribution is 2.29. The zero-order chi connectivity index (χ0) is 22.9. The Balaban J connectivity index is 1.71. The predicted molar refractivity (Wildman–Crippen MR) is 127 cm³/mol. The topological polar surface area (TPSA) is 63.3 Å². The van der Waals surface area contributed by atoms with Gasteiger partial charge < -0.3 is 24.4 Å². The van der Waals surface area contributed by atoms with Crippen LogP contribution in [-0.4, -0.2) is 69.4 Å². The van der Waals surface area contributed by atoms with Crippen LogP contribution in [0.25, 0.3) is 0 Å². The third kappa shape index (κ3) is 6.90. The summed E-state index contributed by atoms with van der Waals surface area (Å²) in [6.45, 7) is 5.25. The van der Waals surface area contributed by atoms with Gasteiger partial charge in [0.1, 0.15) is 0 Å². The van der Waals surface area contributed by atoms with Crippen molar-refractivity contribution in [2.24, 2.45) is 0 Å². The molecule has 1 aliphatic heterocycles. The van der Waals surface area contributed by atoms with E-state index in [0.29, 0.717) is 40.3 Å². The normalized spacial score (nSPS) is 14.1. The number of morpholine rings is 1. The molecular formula is C23H29Cl2N3O4. The van der Waals surface area contributed by atoms with Gasteiger partial charge in [-0.05, 0) is 42.3 Å². The molecule has 174 valence electrons. The number of urea groups is 1. The van der Waals surface area contributed by atoms with Gasteiger partial charge in [0, 0.05) is 37.7 Å². The Labute approximate surface area is 199 Å². The molecule has 1 N–H and O–H groups in total. The summed E-state index contributed by atoms with van der Waals surface area (Å²) in [6, 6.07) is 10.4. The van der Waals surface area contributed by atoms with Gasteiger partial charge in [-0.25, -0.2) is 4.79 Å². The quantitative estimate of drug-likeness (QED) is 0.558. The van der Waals surface area contributed by atoms with E-state index in [1.807, 2.05) is 18.2 Å². The van der Waals surface area contributed by atoms with Gasteiger partial charge in [-0.15, -0.1) is 0 Å². The van der Waals surface area contributed by atoms with E-state index in [9.17, 15) is 4.79 Å². The summed E-state index contributed by atoms with van der Waals surface area (Å²) >= 11 is 12.2. The van der Waals surface area contributed by atoms with Crippen LogP contribution >= 0.6 is 23.2 Å². The molecule has 3 rings (SSSR count). The molecule has 0 radical (unpaired) electrons. The monoisotopic (exact) mass is 481 g/mol. The van der Waals surface area contributed by atoms with Gasteiger partial charge in [-0.3, -0.25) is 4.90 Å². The minimum atomic E-state index is -0.231. The van der Waals surface area contributed by atoms with Crippen LogP contribution < -0.4 is 14.8 Å². The number of hydrogen-bond donors (Lipinski definition) is 1. The van der Waals surface area contributed by atoms with E-state index in [0.717, 1.165) is 44.8 Å². The standard InChI is InChI=1S/C23H29Cl2N3O4/c1-30-21-7-4-17(14-22(21)31-2)16-28(9-3-8-27-10-12-32-13-11-27)23(29)26-20-6-5-18(24)15-19(20)25/h4-7,14-15H,3,8-13,16H2,1-2H3,(H,26,29).